The van der Waals surface area contributed by atoms with E-state index in [4.69, 9.17) is 9.97 Å². The first-order valence-corrected chi connectivity index (χ1v) is 14.2. The molecule has 2 aliphatic rings. The Balaban J connectivity index is 0.000000314. The van der Waals surface area contributed by atoms with Gasteiger partial charge >= 0.3 is 0 Å². The fraction of sp³-hybridized carbons (Fsp3) is 0.0526. The molecule has 42 heavy (non-hydrogen) atoms. The lowest BCUT2D eigenvalue weighted by Crippen LogP contribution is -1.80. The molecule has 8 rings (SSSR count). The topological polar surface area (TPSA) is 57.4 Å². The maximum absolute atomic E-state index is 4.83. The Morgan fingerprint density at radius 1 is 0.452 bits per heavy atom. The van der Waals surface area contributed by atoms with E-state index in [0.717, 1.165) is 50.4 Å². The minimum absolute atomic E-state index is 0.917. The number of nitrogens with one attached hydrogen (secondary N) is 2. The number of rotatable bonds is 1. The van der Waals surface area contributed by atoms with Gasteiger partial charge in [0.05, 0.1) is 22.8 Å². The van der Waals surface area contributed by atoms with Gasteiger partial charge in [-0.25, -0.2) is 9.97 Å². The average molecular weight is 543 g/mol. The van der Waals surface area contributed by atoms with Gasteiger partial charge in [-0.15, -0.1) is 0 Å². The first kappa shape index (κ1) is 25.5. The van der Waals surface area contributed by atoms with Gasteiger partial charge in [0.15, 0.2) is 0 Å². The number of aromatic nitrogens is 4. The van der Waals surface area contributed by atoms with Crippen LogP contribution in [-0.2, 0) is 0 Å². The first-order valence-electron chi connectivity index (χ1n) is 14.2. The summed E-state index contributed by atoms with van der Waals surface area (Å²) in [6.07, 6.45) is 8.20. The van der Waals surface area contributed by atoms with Crippen molar-refractivity contribution < 1.29 is 0 Å². The summed E-state index contributed by atoms with van der Waals surface area (Å²) in [4.78, 5) is 16.6. The van der Waals surface area contributed by atoms with Crippen LogP contribution in [0.25, 0.3) is 68.3 Å². The second-order valence-corrected chi connectivity index (χ2v) is 10.7. The summed E-state index contributed by atoms with van der Waals surface area (Å²) in [5, 5.41) is 2.45. The molecule has 0 amide bonds. The van der Waals surface area contributed by atoms with Crippen LogP contribution in [0.3, 0.4) is 0 Å². The van der Waals surface area contributed by atoms with E-state index in [9.17, 15) is 0 Å². The molecule has 0 saturated heterocycles. The van der Waals surface area contributed by atoms with Crippen LogP contribution < -0.4 is 0 Å². The zero-order valence-corrected chi connectivity index (χ0v) is 23.6. The normalized spacial score (nSPS) is 11.9. The smallest absolute Gasteiger partial charge is 0.0658 e. The minimum Gasteiger partial charge on any atom is -0.355 e. The number of fused-ring (bicyclic) bond motifs is 9. The fourth-order valence-corrected chi connectivity index (χ4v) is 5.36. The monoisotopic (exact) mass is 542 g/mol. The predicted octanol–water partition coefficient (Wildman–Crippen LogP) is 9.78. The van der Waals surface area contributed by atoms with Gasteiger partial charge in [0.2, 0.25) is 0 Å². The van der Waals surface area contributed by atoms with Crippen LogP contribution in [0.2, 0.25) is 0 Å². The van der Waals surface area contributed by atoms with Gasteiger partial charge < -0.3 is 9.97 Å². The third kappa shape index (κ3) is 5.30. The van der Waals surface area contributed by atoms with Gasteiger partial charge in [-0.05, 0) is 108 Å². The quantitative estimate of drug-likeness (QED) is 0.217. The predicted molar refractivity (Wildman–Crippen MR) is 178 cm³/mol. The molecule has 0 aliphatic carbocycles. The van der Waals surface area contributed by atoms with E-state index in [1.807, 2.05) is 18.2 Å². The van der Waals surface area contributed by atoms with Gasteiger partial charge in [0.1, 0.15) is 0 Å². The molecule has 0 saturated carbocycles. The van der Waals surface area contributed by atoms with Crippen LogP contribution in [0.15, 0.2) is 109 Å². The third-order valence-electron chi connectivity index (χ3n) is 7.67. The van der Waals surface area contributed by atoms with Crippen molar-refractivity contribution in [2.75, 3.05) is 0 Å². The summed E-state index contributed by atoms with van der Waals surface area (Å²) in [6.45, 7) is 4.24. The largest absolute Gasteiger partial charge is 0.355 e. The molecule has 0 radical (unpaired) electrons. The molecular weight excluding hydrogens is 512 g/mol. The summed E-state index contributed by atoms with van der Waals surface area (Å²) in [5.41, 5.74) is 12.8. The Bertz CT molecular complexity index is 2150. The van der Waals surface area contributed by atoms with Crippen LogP contribution in [0.1, 0.15) is 33.9 Å². The number of aryl methyl sites for hydroxylation is 2. The molecule has 4 nitrogen and oxygen atoms in total. The molecule has 8 bridgehead atoms. The van der Waals surface area contributed by atoms with E-state index in [2.05, 4.69) is 139 Å². The second-order valence-electron chi connectivity index (χ2n) is 10.7. The third-order valence-corrected chi connectivity index (χ3v) is 7.67. The van der Waals surface area contributed by atoms with Crippen molar-refractivity contribution in [1.82, 2.24) is 19.9 Å². The van der Waals surface area contributed by atoms with Gasteiger partial charge in [0.25, 0.3) is 0 Å². The lowest BCUT2D eigenvalue weighted by atomic mass is 9.99. The molecule has 202 valence electrons. The Morgan fingerprint density at radius 2 is 1.00 bits per heavy atom. The Hall–Kier alpha value is -5.48. The number of H-pyrrole nitrogens is 2. The second kappa shape index (κ2) is 10.8. The van der Waals surface area contributed by atoms with E-state index in [-0.39, 0.29) is 0 Å². The molecule has 5 heterocycles. The first-order chi connectivity index (χ1) is 20.6. The molecule has 0 spiro atoms. The van der Waals surface area contributed by atoms with Crippen molar-refractivity contribution in [3.05, 3.63) is 143 Å². The van der Waals surface area contributed by atoms with Crippen molar-refractivity contribution in [3.8, 4) is 11.1 Å². The fourth-order valence-electron chi connectivity index (χ4n) is 5.36. The van der Waals surface area contributed by atoms with Crippen LogP contribution in [0.5, 0.6) is 0 Å². The van der Waals surface area contributed by atoms with E-state index in [1.165, 1.54) is 27.5 Å². The molecule has 2 N–H and O–H groups in total. The van der Waals surface area contributed by atoms with Crippen LogP contribution in [-0.4, -0.2) is 19.9 Å². The molecule has 0 unspecified atom stereocenters. The van der Waals surface area contributed by atoms with E-state index < -0.39 is 0 Å². The highest BCUT2D eigenvalue weighted by Gasteiger charge is 2.10. The van der Waals surface area contributed by atoms with Crippen LogP contribution in [0, 0.1) is 13.8 Å². The Morgan fingerprint density at radius 3 is 1.64 bits per heavy atom. The number of nitrogens with zero attached hydrogens (tertiary/aromatic N) is 2. The molecule has 3 aromatic carbocycles. The Labute approximate surface area is 244 Å². The van der Waals surface area contributed by atoms with E-state index in [0.29, 0.717) is 0 Å². The molecule has 3 aromatic heterocycles. The van der Waals surface area contributed by atoms with Crippen molar-refractivity contribution in [3.63, 3.8) is 0 Å². The lowest BCUT2D eigenvalue weighted by molar-refractivity contribution is 1.31. The highest BCUT2D eigenvalue weighted by Crippen LogP contribution is 2.33. The highest BCUT2D eigenvalue weighted by atomic mass is 14.8. The summed E-state index contributed by atoms with van der Waals surface area (Å²) < 4.78 is 0. The van der Waals surface area contributed by atoms with Crippen LogP contribution >= 0.6 is 0 Å². The maximum Gasteiger partial charge on any atom is 0.0658 e. The van der Waals surface area contributed by atoms with E-state index >= 15 is 0 Å². The van der Waals surface area contributed by atoms with E-state index in [1.54, 1.807) is 0 Å². The van der Waals surface area contributed by atoms with Crippen molar-refractivity contribution in [1.29, 1.82) is 0 Å². The molecule has 6 aromatic rings. The van der Waals surface area contributed by atoms with Gasteiger partial charge in [-0.3, -0.25) is 0 Å². The summed E-state index contributed by atoms with van der Waals surface area (Å²) in [6, 6.07) is 38.0. The van der Waals surface area contributed by atoms with Gasteiger partial charge in [-0.2, -0.15) is 0 Å². The number of hydrogen-bond donors (Lipinski definition) is 2. The minimum atomic E-state index is 0.917. The zero-order valence-electron chi connectivity index (χ0n) is 23.6. The maximum atomic E-state index is 4.83. The molecule has 0 fully saturated rings. The van der Waals surface area contributed by atoms with Gasteiger partial charge in [-0.1, -0.05) is 66.7 Å². The highest BCUT2D eigenvalue weighted by molar-refractivity contribution is 6.02. The Kier molecular flexibility index (Phi) is 6.57. The molecule has 0 atom stereocenters. The average Bonchev–Trinajstić information content (AvgIpc) is 3.81. The SMILES string of the molecule is C1=Cc2cc3cc(-c4cccc5ccccc45)c(cc4nc(cc5ccc(cc1n2)[nH]5)C=C4)[nH]3.Cc1ccccc1C. The van der Waals surface area contributed by atoms with Gasteiger partial charge in [0, 0.05) is 27.6 Å². The summed E-state index contributed by atoms with van der Waals surface area (Å²) >= 11 is 0. The number of aromatic amines is 2. The van der Waals surface area contributed by atoms with Crippen molar-refractivity contribution in [2.24, 2.45) is 0 Å². The number of benzene rings is 3. The summed E-state index contributed by atoms with van der Waals surface area (Å²) in [7, 11) is 0. The summed E-state index contributed by atoms with van der Waals surface area (Å²) in [5.74, 6) is 0. The lowest BCUT2D eigenvalue weighted by Gasteiger charge is -2.05. The molecule has 4 heteroatoms. The standard InChI is InChI=1S/C30H20N4.C8H10/c1-2-6-27-19(4-1)5-3-7-28(27)29-17-26-16-24-11-10-22(32-24)14-20-8-9-21(31-20)15-23-12-13-25(33-23)18-30(29)34-26;1-7-5-3-4-6-8(7)2/h1-18,31,34H;3-6H,1-2H3. The number of hydrogen-bond acceptors (Lipinski definition) is 2. The zero-order chi connectivity index (χ0) is 28.5. The molecule has 2 aliphatic heterocycles. The van der Waals surface area contributed by atoms with Crippen LogP contribution in [0.4, 0.5) is 0 Å². The molecular formula is C38H30N4. The van der Waals surface area contributed by atoms with Crippen molar-refractivity contribution >= 4 is 57.1 Å². The van der Waals surface area contributed by atoms with Crippen molar-refractivity contribution in [2.45, 2.75) is 13.8 Å².